The largest absolute Gasteiger partial charge is 0.416 e. The Morgan fingerprint density at radius 1 is 1.18 bits per heavy atom. The average Bonchev–Trinajstić information content (AvgIpc) is 3.17. The van der Waals surface area contributed by atoms with Crippen LogP contribution >= 0.6 is 11.3 Å². The van der Waals surface area contributed by atoms with E-state index in [1.54, 1.807) is 17.4 Å². The molecular formula is C20H26F3N3OS+2. The van der Waals surface area contributed by atoms with Gasteiger partial charge in [-0.25, -0.2) is 0 Å². The molecule has 1 aliphatic heterocycles. The number of alkyl halides is 3. The fraction of sp³-hybridized carbons (Fsp3) is 0.450. The summed E-state index contributed by atoms with van der Waals surface area (Å²) in [5.41, 5.74) is -0.353. The molecule has 3 rings (SSSR count). The highest BCUT2D eigenvalue weighted by Crippen LogP contribution is 2.29. The molecule has 1 atom stereocenters. The maximum atomic E-state index is 12.8. The van der Waals surface area contributed by atoms with Crippen molar-refractivity contribution in [3.05, 3.63) is 57.8 Å². The number of carbonyl (C=O) groups is 1. The molecule has 0 saturated carbocycles. The number of benzene rings is 1. The molecule has 1 saturated heterocycles. The summed E-state index contributed by atoms with van der Waals surface area (Å²) in [6.07, 6.45) is -4.45. The number of nitrogens with one attached hydrogen (secondary N) is 3. The van der Waals surface area contributed by atoms with Gasteiger partial charge >= 0.3 is 6.18 Å². The van der Waals surface area contributed by atoms with Crippen LogP contribution in [-0.4, -0.2) is 45.7 Å². The van der Waals surface area contributed by atoms with Crippen molar-refractivity contribution in [3.8, 4) is 0 Å². The number of hydrogen-bond donors (Lipinski definition) is 3. The fourth-order valence-corrected chi connectivity index (χ4v) is 4.49. The summed E-state index contributed by atoms with van der Waals surface area (Å²) < 4.78 is 38.5. The van der Waals surface area contributed by atoms with Gasteiger partial charge in [-0.1, -0.05) is 24.3 Å². The number of quaternary nitrogens is 2. The van der Waals surface area contributed by atoms with Gasteiger partial charge in [0.2, 0.25) is 5.91 Å². The van der Waals surface area contributed by atoms with Crippen LogP contribution in [0.3, 0.4) is 0 Å². The Bertz CT molecular complexity index is 771. The van der Waals surface area contributed by atoms with Crippen molar-refractivity contribution < 1.29 is 27.8 Å². The predicted octanol–water partition coefficient (Wildman–Crippen LogP) is 0.580. The summed E-state index contributed by atoms with van der Waals surface area (Å²) in [4.78, 5) is 16.6. The monoisotopic (exact) mass is 413 g/mol. The first-order valence-electron chi connectivity index (χ1n) is 9.45. The molecule has 8 heteroatoms. The first-order valence-corrected chi connectivity index (χ1v) is 10.3. The van der Waals surface area contributed by atoms with E-state index in [-0.39, 0.29) is 18.4 Å². The van der Waals surface area contributed by atoms with E-state index in [0.29, 0.717) is 12.1 Å². The molecule has 1 fully saturated rings. The molecule has 1 aliphatic rings. The van der Waals surface area contributed by atoms with Crippen LogP contribution in [0.5, 0.6) is 0 Å². The van der Waals surface area contributed by atoms with Crippen LogP contribution in [0.4, 0.5) is 13.2 Å². The first-order chi connectivity index (χ1) is 13.3. The molecule has 28 heavy (non-hydrogen) atoms. The Hall–Kier alpha value is -1.90. The quantitative estimate of drug-likeness (QED) is 0.637. The summed E-state index contributed by atoms with van der Waals surface area (Å²) in [5, 5.41) is 4.98. The van der Waals surface area contributed by atoms with E-state index in [9.17, 15) is 18.0 Å². The Kier molecular flexibility index (Phi) is 6.74. The van der Waals surface area contributed by atoms with Gasteiger partial charge < -0.3 is 15.1 Å². The molecule has 4 nitrogen and oxygen atoms in total. The van der Waals surface area contributed by atoms with E-state index >= 15 is 0 Å². The van der Waals surface area contributed by atoms with Crippen molar-refractivity contribution in [2.45, 2.75) is 18.6 Å². The summed E-state index contributed by atoms with van der Waals surface area (Å²) in [6, 6.07) is 9.25. The van der Waals surface area contributed by atoms with Crippen molar-refractivity contribution in [1.82, 2.24) is 5.32 Å². The molecule has 1 aromatic heterocycles. The lowest BCUT2D eigenvalue weighted by Gasteiger charge is -2.33. The summed E-state index contributed by atoms with van der Waals surface area (Å²) in [5.74, 6) is -0.250. The maximum Gasteiger partial charge on any atom is 0.416 e. The number of rotatable bonds is 6. The third kappa shape index (κ3) is 5.56. The molecule has 0 spiro atoms. The Morgan fingerprint density at radius 3 is 2.57 bits per heavy atom. The minimum atomic E-state index is -4.40. The molecule has 152 valence electrons. The van der Waals surface area contributed by atoms with Crippen LogP contribution in [0, 0.1) is 0 Å². The van der Waals surface area contributed by atoms with Crippen LogP contribution in [0.2, 0.25) is 0 Å². The summed E-state index contributed by atoms with van der Waals surface area (Å²) in [7, 11) is 2.19. The van der Waals surface area contributed by atoms with Gasteiger partial charge in [-0.05, 0) is 23.1 Å². The smallest absolute Gasteiger partial charge is 0.349 e. The molecule has 0 aliphatic carbocycles. The molecule has 0 unspecified atom stereocenters. The second kappa shape index (κ2) is 9.07. The second-order valence-corrected chi connectivity index (χ2v) is 8.34. The molecule has 2 heterocycles. The molecule has 1 amide bonds. The van der Waals surface area contributed by atoms with E-state index in [4.69, 9.17) is 0 Å². The molecular weight excluding hydrogens is 387 g/mol. The van der Waals surface area contributed by atoms with Crippen LogP contribution in [0.25, 0.3) is 0 Å². The molecule has 1 aromatic carbocycles. The maximum absolute atomic E-state index is 12.8. The van der Waals surface area contributed by atoms with Crippen LogP contribution in [0.1, 0.15) is 22.0 Å². The van der Waals surface area contributed by atoms with Crippen molar-refractivity contribution in [1.29, 1.82) is 0 Å². The van der Waals surface area contributed by atoms with Gasteiger partial charge in [-0.3, -0.25) is 4.79 Å². The fourth-order valence-electron chi connectivity index (χ4n) is 3.60. The number of amides is 1. The third-order valence-electron chi connectivity index (χ3n) is 5.25. The van der Waals surface area contributed by atoms with Gasteiger partial charge in [-0.2, -0.15) is 13.2 Å². The van der Waals surface area contributed by atoms with Crippen LogP contribution in [0.15, 0.2) is 41.8 Å². The molecule has 0 bridgehead atoms. The number of thiophene rings is 1. The number of carbonyl (C=O) groups excluding carboxylic acids is 1. The Morgan fingerprint density at radius 2 is 1.93 bits per heavy atom. The van der Waals surface area contributed by atoms with E-state index in [0.717, 1.165) is 38.3 Å². The van der Waals surface area contributed by atoms with Crippen LogP contribution < -0.4 is 15.1 Å². The van der Waals surface area contributed by atoms with Gasteiger partial charge in [-0.15, -0.1) is 11.3 Å². The molecule has 3 N–H and O–H groups in total. The van der Waals surface area contributed by atoms with E-state index in [1.165, 1.54) is 20.7 Å². The van der Waals surface area contributed by atoms with Crippen molar-refractivity contribution in [2.24, 2.45) is 0 Å². The minimum Gasteiger partial charge on any atom is -0.349 e. The Balaban J connectivity index is 1.61. The lowest BCUT2D eigenvalue weighted by atomic mass is 10.1. The van der Waals surface area contributed by atoms with Crippen molar-refractivity contribution in [3.63, 3.8) is 0 Å². The lowest BCUT2D eigenvalue weighted by molar-refractivity contribution is -1.02. The number of likely N-dealkylation sites (N-methyl/N-ethyl adjacent to an activating group) is 1. The topological polar surface area (TPSA) is 38.0 Å². The van der Waals surface area contributed by atoms with Gasteiger partial charge in [0.1, 0.15) is 32.2 Å². The third-order valence-corrected chi connectivity index (χ3v) is 6.23. The van der Waals surface area contributed by atoms with Crippen LogP contribution in [-0.2, 0) is 17.4 Å². The molecule has 0 radical (unpaired) electrons. The van der Waals surface area contributed by atoms with Gasteiger partial charge in [0.05, 0.1) is 30.5 Å². The van der Waals surface area contributed by atoms with E-state index in [1.807, 2.05) is 11.4 Å². The predicted molar refractivity (Wildman–Crippen MR) is 103 cm³/mol. The highest BCUT2D eigenvalue weighted by atomic mass is 32.1. The number of hydrogen-bond acceptors (Lipinski definition) is 2. The summed E-state index contributed by atoms with van der Waals surface area (Å²) >= 11 is 1.68. The van der Waals surface area contributed by atoms with E-state index < -0.39 is 11.7 Å². The van der Waals surface area contributed by atoms with Gasteiger partial charge in [0, 0.05) is 0 Å². The zero-order valence-corrected chi connectivity index (χ0v) is 16.6. The average molecular weight is 414 g/mol. The normalized spacial score (nSPS) is 21.3. The zero-order valence-electron chi connectivity index (χ0n) is 15.8. The highest BCUT2D eigenvalue weighted by Gasteiger charge is 2.31. The van der Waals surface area contributed by atoms with Gasteiger partial charge in [0.25, 0.3) is 0 Å². The second-order valence-electron chi connectivity index (χ2n) is 7.36. The lowest BCUT2D eigenvalue weighted by Crippen LogP contribution is -3.27. The minimum absolute atomic E-state index is 0.0523. The van der Waals surface area contributed by atoms with Crippen molar-refractivity contribution in [2.75, 3.05) is 39.8 Å². The SMILES string of the molecule is C[NH+]1CC[NH+]([C@H](CNC(=O)Cc2cccc(C(F)(F)F)c2)c2cccs2)CC1. The number of piperazine rings is 1. The standard InChI is InChI=1S/C20H24F3N3OS/c1-25-7-9-26(10-8-25)17(18-6-3-11-28-18)14-24-19(27)13-15-4-2-5-16(12-15)20(21,22)23/h2-6,11-12,17H,7-10,13-14H2,1H3,(H,24,27)/p+2/t17-/m1/s1. The zero-order chi connectivity index (χ0) is 20.1. The Labute approximate surface area is 167 Å². The summed E-state index contributed by atoms with van der Waals surface area (Å²) in [6.45, 7) is 4.76. The molecule has 2 aromatic rings. The van der Waals surface area contributed by atoms with Crippen molar-refractivity contribution >= 4 is 17.2 Å². The van der Waals surface area contributed by atoms with E-state index in [2.05, 4.69) is 18.4 Å². The first kappa shape index (κ1) is 20.8. The number of halogens is 3. The van der Waals surface area contributed by atoms with Gasteiger partial charge in [0.15, 0.2) is 0 Å². The highest BCUT2D eigenvalue weighted by molar-refractivity contribution is 7.10.